The van der Waals surface area contributed by atoms with Crippen LogP contribution in [0.3, 0.4) is 0 Å². The van der Waals surface area contributed by atoms with E-state index < -0.39 is 4.92 Å². The maximum absolute atomic E-state index is 10.8. The number of benzene rings is 1. The molecule has 1 aromatic heterocycles. The SMILES string of the molecule is CC(C1CC1)n1cc(N)c(-c2cccc([N+](=O)[O-])c2)n1. The molecule has 1 aliphatic rings. The van der Waals surface area contributed by atoms with E-state index in [0.717, 1.165) is 0 Å². The molecule has 0 saturated heterocycles. The van der Waals surface area contributed by atoms with E-state index in [1.807, 2.05) is 10.9 Å². The van der Waals surface area contributed by atoms with Crippen molar-refractivity contribution in [1.29, 1.82) is 0 Å². The molecule has 1 aromatic carbocycles. The molecular formula is C14H16N4O2. The second kappa shape index (κ2) is 4.63. The van der Waals surface area contributed by atoms with Crippen LogP contribution in [0.25, 0.3) is 11.3 Å². The Morgan fingerprint density at radius 1 is 1.50 bits per heavy atom. The largest absolute Gasteiger partial charge is 0.396 e. The molecule has 104 valence electrons. The molecule has 1 aliphatic carbocycles. The molecule has 0 radical (unpaired) electrons. The highest BCUT2D eigenvalue weighted by Crippen LogP contribution is 2.40. The van der Waals surface area contributed by atoms with Crippen LogP contribution in [0.2, 0.25) is 0 Å². The summed E-state index contributed by atoms with van der Waals surface area (Å²) in [5, 5.41) is 15.3. The van der Waals surface area contributed by atoms with Crippen molar-refractivity contribution in [2.75, 3.05) is 5.73 Å². The molecule has 0 amide bonds. The Kier molecular flexibility index (Phi) is 2.93. The Morgan fingerprint density at radius 2 is 2.25 bits per heavy atom. The molecule has 2 N–H and O–H groups in total. The first-order valence-corrected chi connectivity index (χ1v) is 6.65. The Morgan fingerprint density at radius 3 is 2.90 bits per heavy atom. The molecule has 1 fully saturated rings. The van der Waals surface area contributed by atoms with Gasteiger partial charge in [0.2, 0.25) is 0 Å². The summed E-state index contributed by atoms with van der Waals surface area (Å²) in [6.07, 6.45) is 4.28. The van der Waals surface area contributed by atoms with Crippen LogP contribution in [0.1, 0.15) is 25.8 Å². The summed E-state index contributed by atoms with van der Waals surface area (Å²) >= 11 is 0. The summed E-state index contributed by atoms with van der Waals surface area (Å²) in [7, 11) is 0. The minimum Gasteiger partial charge on any atom is -0.396 e. The van der Waals surface area contributed by atoms with E-state index in [0.29, 0.717) is 28.9 Å². The predicted molar refractivity (Wildman–Crippen MR) is 76.2 cm³/mol. The van der Waals surface area contributed by atoms with Gasteiger partial charge in [0, 0.05) is 23.9 Å². The molecule has 0 bridgehead atoms. The van der Waals surface area contributed by atoms with Gasteiger partial charge in [0.15, 0.2) is 0 Å². The third-order valence-electron chi connectivity index (χ3n) is 3.81. The zero-order valence-corrected chi connectivity index (χ0v) is 11.2. The highest BCUT2D eigenvalue weighted by atomic mass is 16.6. The Bertz CT molecular complexity index is 661. The fourth-order valence-corrected chi connectivity index (χ4v) is 2.40. The summed E-state index contributed by atoms with van der Waals surface area (Å²) in [6, 6.07) is 6.73. The van der Waals surface area contributed by atoms with Crippen LogP contribution in [0.15, 0.2) is 30.5 Å². The van der Waals surface area contributed by atoms with Crippen LogP contribution >= 0.6 is 0 Å². The molecule has 3 rings (SSSR count). The topological polar surface area (TPSA) is 87.0 Å². The maximum atomic E-state index is 10.8. The molecule has 1 unspecified atom stereocenters. The highest BCUT2D eigenvalue weighted by Gasteiger charge is 2.30. The van der Waals surface area contributed by atoms with Gasteiger partial charge in [-0.1, -0.05) is 12.1 Å². The van der Waals surface area contributed by atoms with Gasteiger partial charge in [0.1, 0.15) is 5.69 Å². The van der Waals surface area contributed by atoms with Gasteiger partial charge in [-0.15, -0.1) is 0 Å². The molecule has 6 heteroatoms. The third-order valence-corrected chi connectivity index (χ3v) is 3.81. The first-order valence-electron chi connectivity index (χ1n) is 6.65. The quantitative estimate of drug-likeness (QED) is 0.684. The fraction of sp³-hybridized carbons (Fsp3) is 0.357. The monoisotopic (exact) mass is 272 g/mol. The summed E-state index contributed by atoms with van der Waals surface area (Å²) in [4.78, 5) is 10.4. The van der Waals surface area contributed by atoms with Gasteiger partial charge < -0.3 is 5.73 Å². The van der Waals surface area contributed by atoms with Crippen LogP contribution in [-0.2, 0) is 0 Å². The molecule has 1 saturated carbocycles. The molecule has 1 atom stereocenters. The lowest BCUT2D eigenvalue weighted by Crippen LogP contribution is -2.07. The lowest BCUT2D eigenvalue weighted by Gasteiger charge is -2.09. The van der Waals surface area contributed by atoms with E-state index in [4.69, 9.17) is 5.73 Å². The first-order chi connectivity index (χ1) is 9.56. The van der Waals surface area contributed by atoms with Crippen molar-refractivity contribution in [3.8, 4) is 11.3 Å². The molecular weight excluding hydrogens is 256 g/mol. The minimum absolute atomic E-state index is 0.0479. The first kappa shape index (κ1) is 12.7. The van der Waals surface area contributed by atoms with Gasteiger partial charge in [-0.25, -0.2) is 0 Å². The summed E-state index contributed by atoms with van der Waals surface area (Å²) in [5.41, 5.74) is 7.90. The van der Waals surface area contributed by atoms with Gasteiger partial charge in [-0.3, -0.25) is 14.8 Å². The summed E-state index contributed by atoms with van der Waals surface area (Å²) < 4.78 is 1.88. The molecule has 0 spiro atoms. The zero-order chi connectivity index (χ0) is 14.3. The van der Waals surface area contributed by atoms with Crippen molar-refractivity contribution in [3.05, 3.63) is 40.6 Å². The number of anilines is 1. The van der Waals surface area contributed by atoms with Crippen molar-refractivity contribution in [2.24, 2.45) is 5.92 Å². The third kappa shape index (κ3) is 2.24. The molecule has 2 aromatic rings. The number of nitrogens with two attached hydrogens (primary N) is 1. The van der Waals surface area contributed by atoms with E-state index in [2.05, 4.69) is 12.0 Å². The summed E-state index contributed by atoms with van der Waals surface area (Å²) in [5.74, 6) is 0.673. The fourth-order valence-electron chi connectivity index (χ4n) is 2.40. The van der Waals surface area contributed by atoms with E-state index in [9.17, 15) is 10.1 Å². The number of non-ortho nitro benzene ring substituents is 1. The maximum Gasteiger partial charge on any atom is 0.270 e. The van der Waals surface area contributed by atoms with Crippen LogP contribution in [0.4, 0.5) is 11.4 Å². The van der Waals surface area contributed by atoms with Crippen molar-refractivity contribution in [2.45, 2.75) is 25.8 Å². The Balaban J connectivity index is 1.97. The number of hydrogen-bond acceptors (Lipinski definition) is 4. The Labute approximate surface area is 116 Å². The molecule has 20 heavy (non-hydrogen) atoms. The van der Waals surface area contributed by atoms with E-state index >= 15 is 0 Å². The number of nitrogens with zero attached hydrogens (tertiary/aromatic N) is 3. The lowest BCUT2D eigenvalue weighted by atomic mass is 10.1. The number of nitro groups is 1. The summed E-state index contributed by atoms with van der Waals surface area (Å²) in [6.45, 7) is 2.13. The van der Waals surface area contributed by atoms with Gasteiger partial charge >= 0.3 is 0 Å². The van der Waals surface area contributed by atoms with Crippen LogP contribution in [-0.4, -0.2) is 14.7 Å². The average Bonchev–Trinajstić information content (AvgIpc) is 3.21. The standard InChI is InChI=1S/C14H16N4O2/c1-9(10-5-6-10)17-8-13(15)14(16-17)11-3-2-4-12(7-11)18(19)20/h2-4,7-10H,5-6,15H2,1H3. The van der Waals surface area contributed by atoms with Gasteiger partial charge in [-0.2, -0.15) is 5.10 Å². The van der Waals surface area contributed by atoms with E-state index in [1.165, 1.54) is 25.0 Å². The smallest absolute Gasteiger partial charge is 0.270 e. The second-order valence-electron chi connectivity index (χ2n) is 5.30. The van der Waals surface area contributed by atoms with Gasteiger partial charge in [0.25, 0.3) is 5.69 Å². The second-order valence-corrected chi connectivity index (χ2v) is 5.30. The lowest BCUT2D eigenvalue weighted by molar-refractivity contribution is -0.384. The number of rotatable bonds is 4. The number of nitro benzene ring substituents is 1. The van der Waals surface area contributed by atoms with Crippen molar-refractivity contribution >= 4 is 11.4 Å². The number of aromatic nitrogens is 2. The highest BCUT2D eigenvalue weighted by molar-refractivity contribution is 5.73. The number of nitrogen functional groups attached to an aromatic ring is 1. The minimum atomic E-state index is -0.413. The van der Waals surface area contributed by atoms with Crippen molar-refractivity contribution < 1.29 is 4.92 Å². The van der Waals surface area contributed by atoms with E-state index in [-0.39, 0.29) is 5.69 Å². The van der Waals surface area contributed by atoms with Crippen LogP contribution in [0.5, 0.6) is 0 Å². The predicted octanol–water partition coefficient (Wildman–Crippen LogP) is 3.01. The van der Waals surface area contributed by atoms with Gasteiger partial charge in [0.05, 0.1) is 16.7 Å². The van der Waals surface area contributed by atoms with E-state index in [1.54, 1.807) is 12.1 Å². The zero-order valence-electron chi connectivity index (χ0n) is 11.2. The average molecular weight is 272 g/mol. The molecule has 6 nitrogen and oxygen atoms in total. The van der Waals surface area contributed by atoms with Crippen LogP contribution < -0.4 is 5.73 Å². The van der Waals surface area contributed by atoms with Crippen molar-refractivity contribution in [1.82, 2.24) is 9.78 Å². The normalized spacial score (nSPS) is 16.1. The molecule has 0 aliphatic heterocycles. The molecule has 1 heterocycles. The number of hydrogen-bond donors (Lipinski definition) is 1. The Hall–Kier alpha value is -2.37. The van der Waals surface area contributed by atoms with Gasteiger partial charge in [-0.05, 0) is 25.7 Å². The van der Waals surface area contributed by atoms with Crippen LogP contribution in [0, 0.1) is 16.0 Å². The van der Waals surface area contributed by atoms with Crippen molar-refractivity contribution in [3.63, 3.8) is 0 Å².